The van der Waals surface area contributed by atoms with E-state index in [0.29, 0.717) is 16.9 Å². The van der Waals surface area contributed by atoms with E-state index in [-0.39, 0.29) is 11.3 Å². The molecule has 7 heteroatoms. The molecule has 33 heavy (non-hydrogen) atoms. The number of carboxylic acids is 2. The van der Waals surface area contributed by atoms with Gasteiger partial charge in [0.1, 0.15) is 17.1 Å². The third-order valence-corrected chi connectivity index (χ3v) is 5.96. The summed E-state index contributed by atoms with van der Waals surface area (Å²) in [6.45, 7) is 0. The van der Waals surface area contributed by atoms with E-state index >= 15 is 0 Å². The zero-order valence-electron chi connectivity index (χ0n) is 17.0. The summed E-state index contributed by atoms with van der Waals surface area (Å²) in [7, 11) is 0. The lowest BCUT2D eigenvalue weighted by Crippen LogP contribution is -2.11. The number of halogens is 2. The van der Waals surface area contributed by atoms with Crippen LogP contribution in [0.5, 0.6) is 11.5 Å². The van der Waals surface area contributed by atoms with Gasteiger partial charge in [0.15, 0.2) is 0 Å². The van der Waals surface area contributed by atoms with Gasteiger partial charge in [-0.1, -0.05) is 68.3 Å². The van der Waals surface area contributed by atoms with Crippen LogP contribution in [0.1, 0.15) is 20.7 Å². The molecule has 0 fully saturated rings. The Morgan fingerprint density at radius 2 is 1.21 bits per heavy atom. The van der Waals surface area contributed by atoms with Crippen LogP contribution >= 0.6 is 31.9 Å². The smallest absolute Gasteiger partial charge is 0.340 e. The van der Waals surface area contributed by atoms with Crippen molar-refractivity contribution >= 4 is 43.8 Å². The second kappa shape index (κ2) is 9.60. The van der Waals surface area contributed by atoms with Gasteiger partial charge < -0.3 is 14.9 Å². The minimum atomic E-state index is -1.38. The Kier molecular flexibility index (Phi) is 6.62. The Labute approximate surface area is 206 Å². The highest BCUT2D eigenvalue weighted by molar-refractivity contribution is 9.10. The van der Waals surface area contributed by atoms with E-state index in [1.165, 1.54) is 6.07 Å². The molecule has 0 saturated heterocycles. The number of ether oxygens (including phenoxy) is 1. The molecule has 0 aliphatic carbocycles. The number of rotatable bonds is 6. The molecule has 0 unspecified atom stereocenters. The first-order valence-electron chi connectivity index (χ1n) is 9.77. The van der Waals surface area contributed by atoms with Crippen molar-refractivity contribution in [2.45, 2.75) is 0 Å². The molecular formula is C26H16Br2O5. The second-order valence-corrected chi connectivity index (χ2v) is 8.95. The maximum Gasteiger partial charge on any atom is 0.340 e. The normalized spacial score (nSPS) is 10.6. The molecule has 2 N–H and O–H groups in total. The Morgan fingerprint density at radius 1 is 0.636 bits per heavy atom. The van der Waals surface area contributed by atoms with Gasteiger partial charge in [0.2, 0.25) is 0 Å². The van der Waals surface area contributed by atoms with E-state index in [4.69, 9.17) is 4.74 Å². The van der Waals surface area contributed by atoms with Crippen LogP contribution < -0.4 is 4.74 Å². The molecule has 0 saturated carbocycles. The average Bonchev–Trinajstić information content (AvgIpc) is 2.79. The largest absolute Gasteiger partial charge is 0.478 e. The van der Waals surface area contributed by atoms with Gasteiger partial charge in [0, 0.05) is 8.95 Å². The molecule has 0 aliphatic heterocycles. The Balaban J connectivity index is 1.74. The highest BCUT2D eigenvalue weighted by Crippen LogP contribution is 2.36. The van der Waals surface area contributed by atoms with Gasteiger partial charge in [-0.2, -0.15) is 0 Å². The fourth-order valence-corrected chi connectivity index (χ4v) is 4.31. The van der Waals surface area contributed by atoms with Gasteiger partial charge in [-0.25, -0.2) is 9.59 Å². The zero-order valence-corrected chi connectivity index (χ0v) is 20.1. The van der Waals surface area contributed by atoms with E-state index in [2.05, 4.69) is 31.9 Å². The molecular weight excluding hydrogens is 552 g/mol. The van der Waals surface area contributed by atoms with Gasteiger partial charge in [0.05, 0.1) is 5.56 Å². The molecule has 0 spiro atoms. The van der Waals surface area contributed by atoms with E-state index in [9.17, 15) is 19.8 Å². The van der Waals surface area contributed by atoms with E-state index < -0.39 is 17.5 Å². The molecule has 4 rings (SSSR count). The van der Waals surface area contributed by atoms with E-state index in [1.54, 1.807) is 42.5 Å². The fourth-order valence-electron chi connectivity index (χ4n) is 3.51. The molecule has 0 aliphatic rings. The summed E-state index contributed by atoms with van der Waals surface area (Å²) < 4.78 is 7.53. The van der Waals surface area contributed by atoms with Crippen LogP contribution in [-0.4, -0.2) is 22.2 Å². The van der Waals surface area contributed by atoms with Crippen LogP contribution in [-0.2, 0) is 0 Å². The van der Waals surface area contributed by atoms with Crippen molar-refractivity contribution in [3.8, 4) is 33.8 Å². The zero-order chi connectivity index (χ0) is 23.5. The van der Waals surface area contributed by atoms with E-state index in [1.807, 2.05) is 36.4 Å². The van der Waals surface area contributed by atoms with E-state index in [0.717, 1.165) is 20.1 Å². The van der Waals surface area contributed by atoms with Crippen LogP contribution in [0, 0.1) is 0 Å². The summed E-state index contributed by atoms with van der Waals surface area (Å²) in [5.41, 5.74) is 2.10. The predicted octanol–water partition coefficient (Wildman–Crippen LogP) is 7.73. The second-order valence-electron chi connectivity index (χ2n) is 7.12. The minimum Gasteiger partial charge on any atom is -0.478 e. The first kappa shape index (κ1) is 22.8. The Hall–Kier alpha value is -3.42. The third-order valence-electron chi connectivity index (χ3n) is 4.97. The number of hydrogen-bond acceptors (Lipinski definition) is 3. The highest BCUT2D eigenvalue weighted by Gasteiger charge is 2.26. The molecule has 0 bridgehead atoms. The lowest BCUT2D eigenvalue weighted by molar-refractivity contribution is 0.0649. The maximum absolute atomic E-state index is 12.1. The molecule has 4 aromatic rings. The average molecular weight is 568 g/mol. The highest BCUT2D eigenvalue weighted by atomic mass is 79.9. The molecule has 164 valence electrons. The van der Waals surface area contributed by atoms with Crippen molar-refractivity contribution in [1.82, 2.24) is 0 Å². The molecule has 0 aromatic heterocycles. The van der Waals surface area contributed by atoms with Crippen LogP contribution in [0.15, 0.2) is 93.9 Å². The van der Waals surface area contributed by atoms with Gasteiger partial charge in [0.25, 0.3) is 0 Å². The quantitative estimate of drug-likeness (QED) is 0.249. The van der Waals surface area contributed by atoms with Crippen LogP contribution in [0.25, 0.3) is 22.3 Å². The first-order chi connectivity index (χ1) is 15.8. The first-order valence-corrected chi connectivity index (χ1v) is 11.4. The topological polar surface area (TPSA) is 83.8 Å². The lowest BCUT2D eigenvalue weighted by atomic mass is 9.94. The number of carbonyl (C=O) groups is 2. The van der Waals surface area contributed by atoms with Crippen molar-refractivity contribution in [2.24, 2.45) is 0 Å². The van der Waals surface area contributed by atoms with Gasteiger partial charge in [-0.15, -0.1) is 0 Å². The van der Waals surface area contributed by atoms with Crippen molar-refractivity contribution in [2.75, 3.05) is 0 Å². The number of aromatic carboxylic acids is 2. The predicted molar refractivity (Wildman–Crippen MR) is 133 cm³/mol. The van der Waals surface area contributed by atoms with Crippen LogP contribution in [0.2, 0.25) is 0 Å². The summed E-state index contributed by atoms with van der Waals surface area (Å²) in [5, 5.41) is 19.7. The molecule has 4 aromatic carbocycles. The number of carboxylic acid groups (broad SMARTS) is 2. The third kappa shape index (κ3) is 4.99. The minimum absolute atomic E-state index is 0.0474. The summed E-state index contributed by atoms with van der Waals surface area (Å²) in [5.74, 6) is -2.39. The summed E-state index contributed by atoms with van der Waals surface area (Å²) in [6, 6.07) is 25.0. The summed E-state index contributed by atoms with van der Waals surface area (Å²) >= 11 is 6.82. The monoisotopic (exact) mass is 566 g/mol. The van der Waals surface area contributed by atoms with Crippen LogP contribution in [0.3, 0.4) is 0 Å². The Bertz CT molecular complexity index is 1360. The summed E-state index contributed by atoms with van der Waals surface area (Å²) in [6.07, 6.45) is 0. The Morgan fingerprint density at radius 3 is 1.79 bits per heavy atom. The van der Waals surface area contributed by atoms with Gasteiger partial charge in [-0.05, 0) is 70.8 Å². The maximum atomic E-state index is 12.1. The molecule has 0 amide bonds. The van der Waals surface area contributed by atoms with Gasteiger partial charge in [-0.3, -0.25) is 0 Å². The SMILES string of the molecule is O=C(O)c1c(Oc2ccc(-c3cccc(Br)c3)cc2)ccc(-c2cccc(Br)c2)c1C(=O)O. The lowest BCUT2D eigenvalue weighted by Gasteiger charge is -2.15. The van der Waals surface area contributed by atoms with Crippen LogP contribution in [0.4, 0.5) is 0 Å². The summed E-state index contributed by atoms with van der Waals surface area (Å²) in [4.78, 5) is 24.2. The number of benzene rings is 4. The van der Waals surface area contributed by atoms with Crippen molar-refractivity contribution in [3.63, 3.8) is 0 Å². The molecule has 0 heterocycles. The fraction of sp³-hybridized carbons (Fsp3) is 0. The van der Waals surface area contributed by atoms with Gasteiger partial charge >= 0.3 is 11.9 Å². The molecule has 0 radical (unpaired) electrons. The van der Waals surface area contributed by atoms with Crippen molar-refractivity contribution < 1.29 is 24.5 Å². The van der Waals surface area contributed by atoms with Crippen molar-refractivity contribution in [1.29, 1.82) is 0 Å². The molecule has 0 atom stereocenters. The number of hydrogen-bond donors (Lipinski definition) is 2. The van der Waals surface area contributed by atoms with Crippen molar-refractivity contribution in [3.05, 3.63) is 105 Å². The molecule has 5 nitrogen and oxygen atoms in total. The standard InChI is InChI=1S/C26H16Br2O5/c27-18-5-1-3-16(13-18)15-7-9-20(10-8-15)33-22-12-11-21(17-4-2-6-19(28)14-17)23(25(29)30)24(22)26(31)32/h1-14H,(H,29,30)(H,31,32).